The fraction of sp³-hybridized carbons (Fsp3) is 0.500. The van der Waals surface area contributed by atoms with Gasteiger partial charge in [0.2, 0.25) is 0 Å². The van der Waals surface area contributed by atoms with E-state index in [9.17, 15) is 9.18 Å². The number of hydrogen-bond donors (Lipinski definition) is 2. The molecule has 1 unspecified atom stereocenters. The van der Waals surface area contributed by atoms with Crippen LogP contribution in [0.3, 0.4) is 0 Å². The molecule has 0 bridgehead atoms. The monoisotopic (exact) mass is 252 g/mol. The molecule has 100 valence electrons. The minimum absolute atomic E-state index is 0.0113. The molecule has 1 atom stereocenters. The molecule has 1 amide bonds. The van der Waals surface area contributed by atoms with Crippen molar-refractivity contribution in [2.75, 3.05) is 6.54 Å². The number of nitrogens with two attached hydrogens (primary N) is 1. The van der Waals surface area contributed by atoms with Gasteiger partial charge < -0.3 is 11.1 Å². The minimum Gasteiger partial charge on any atom is -0.348 e. The Morgan fingerprint density at radius 1 is 1.50 bits per heavy atom. The number of carbonyl (C=O) groups excluding carboxylic acids is 1. The molecule has 0 radical (unpaired) electrons. The number of rotatable bonds is 6. The van der Waals surface area contributed by atoms with E-state index in [-0.39, 0.29) is 17.8 Å². The van der Waals surface area contributed by atoms with Gasteiger partial charge in [-0.25, -0.2) is 4.39 Å². The predicted molar refractivity (Wildman–Crippen MR) is 71.0 cm³/mol. The summed E-state index contributed by atoms with van der Waals surface area (Å²) in [4.78, 5) is 12.0. The van der Waals surface area contributed by atoms with Crippen LogP contribution in [0, 0.1) is 12.7 Å². The fourth-order valence-electron chi connectivity index (χ4n) is 1.75. The number of benzene rings is 1. The Bertz CT molecular complexity index is 407. The Kier molecular flexibility index (Phi) is 5.78. The molecular weight excluding hydrogens is 231 g/mol. The highest BCUT2D eigenvalue weighted by atomic mass is 19.1. The number of amides is 1. The standard InChI is InChI=1S/C14H21FN2O/c1-3-4-5-12(9-16)17-14(18)11-6-7-13(15)10(2)8-11/h6-8,12H,3-5,9,16H2,1-2H3,(H,17,18). The lowest BCUT2D eigenvalue weighted by molar-refractivity contribution is 0.0935. The maximum absolute atomic E-state index is 13.1. The zero-order chi connectivity index (χ0) is 13.5. The molecule has 0 aliphatic rings. The van der Waals surface area contributed by atoms with Crippen LogP contribution in [0.2, 0.25) is 0 Å². The first-order valence-corrected chi connectivity index (χ1v) is 6.35. The highest BCUT2D eigenvalue weighted by molar-refractivity contribution is 5.94. The van der Waals surface area contributed by atoms with Gasteiger partial charge in [0, 0.05) is 18.2 Å². The maximum atomic E-state index is 13.1. The molecule has 0 saturated carbocycles. The summed E-state index contributed by atoms with van der Waals surface area (Å²) in [5.41, 5.74) is 6.57. The third-order valence-corrected chi connectivity index (χ3v) is 2.95. The summed E-state index contributed by atoms with van der Waals surface area (Å²) in [5, 5.41) is 2.88. The molecule has 1 rings (SSSR count). The lowest BCUT2D eigenvalue weighted by Gasteiger charge is -2.16. The molecule has 3 nitrogen and oxygen atoms in total. The molecule has 4 heteroatoms. The molecule has 0 fully saturated rings. The van der Waals surface area contributed by atoms with Gasteiger partial charge in [0.15, 0.2) is 0 Å². The zero-order valence-corrected chi connectivity index (χ0v) is 11.0. The average molecular weight is 252 g/mol. The molecule has 1 aromatic carbocycles. The second-order valence-electron chi connectivity index (χ2n) is 4.51. The van der Waals surface area contributed by atoms with Crippen molar-refractivity contribution < 1.29 is 9.18 Å². The van der Waals surface area contributed by atoms with Gasteiger partial charge in [0.05, 0.1) is 0 Å². The van der Waals surface area contributed by atoms with E-state index in [1.807, 2.05) is 0 Å². The number of unbranched alkanes of at least 4 members (excludes halogenated alkanes) is 1. The number of nitrogens with one attached hydrogen (secondary N) is 1. The SMILES string of the molecule is CCCCC(CN)NC(=O)c1ccc(F)c(C)c1. The van der Waals surface area contributed by atoms with Crippen molar-refractivity contribution >= 4 is 5.91 Å². The first-order valence-electron chi connectivity index (χ1n) is 6.35. The second-order valence-corrected chi connectivity index (χ2v) is 4.51. The van der Waals surface area contributed by atoms with Gasteiger partial charge in [-0.1, -0.05) is 19.8 Å². The van der Waals surface area contributed by atoms with Gasteiger partial charge in [-0.3, -0.25) is 4.79 Å². The van der Waals surface area contributed by atoms with E-state index in [2.05, 4.69) is 12.2 Å². The second kappa shape index (κ2) is 7.11. The summed E-state index contributed by atoms with van der Waals surface area (Å²) in [6.07, 6.45) is 2.98. The fourth-order valence-corrected chi connectivity index (χ4v) is 1.75. The third-order valence-electron chi connectivity index (χ3n) is 2.95. The molecule has 0 aliphatic carbocycles. The molecule has 3 N–H and O–H groups in total. The van der Waals surface area contributed by atoms with Crippen LogP contribution >= 0.6 is 0 Å². The average Bonchev–Trinajstić information content (AvgIpc) is 2.37. The summed E-state index contributed by atoms with van der Waals surface area (Å²) < 4.78 is 13.1. The van der Waals surface area contributed by atoms with E-state index in [0.717, 1.165) is 19.3 Å². The maximum Gasteiger partial charge on any atom is 0.251 e. The van der Waals surface area contributed by atoms with Gasteiger partial charge in [-0.05, 0) is 37.1 Å². The van der Waals surface area contributed by atoms with Crippen LogP contribution in [0.1, 0.15) is 42.1 Å². The van der Waals surface area contributed by atoms with Crippen LogP contribution in [0.5, 0.6) is 0 Å². The highest BCUT2D eigenvalue weighted by Crippen LogP contribution is 2.10. The van der Waals surface area contributed by atoms with Crippen molar-refractivity contribution in [3.63, 3.8) is 0 Å². The van der Waals surface area contributed by atoms with E-state index in [1.165, 1.54) is 12.1 Å². The topological polar surface area (TPSA) is 55.1 Å². The number of aryl methyl sites for hydroxylation is 1. The first kappa shape index (κ1) is 14.6. The quantitative estimate of drug-likeness (QED) is 0.816. The van der Waals surface area contributed by atoms with E-state index < -0.39 is 0 Å². The van der Waals surface area contributed by atoms with E-state index in [4.69, 9.17) is 5.73 Å². The van der Waals surface area contributed by atoms with Crippen molar-refractivity contribution in [2.45, 2.75) is 39.2 Å². The van der Waals surface area contributed by atoms with Crippen molar-refractivity contribution in [2.24, 2.45) is 5.73 Å². The van der Waals surface area contributed by atoms with Crippen LogP contribution < -0.4 is 11.1 Å². The van der Waals surface area contributed by atoms with Crippen molar-refractivity contribution in [3.8, 4) is 0 Å². The van der Waals surface area contributed by atoms with E-state index in [1.54, 1.807) is 13.0 Å². The van der Waals surface area contributed by atoms with Crippen LogP contribution in [0.25, 0.3) is 0 Å². The van der Waals surface area contributed by atoms with Crippen molar-refractivity contribution in [3.05, 3.63) is 35.1 Å². The van der Waals surface area contributed by atoms with Gasteiger partial charge in [0.1, 0.15) is 5.82 Å². The van der Waals surface area contributed by atoms with E-state index >= 15 is 0 Å². The highest BCUT2D eigenvalue weighted by Gasteiger charge is 2.12. The van der Waals surface area contributed by atoms with Gasteiger partial charge in [-0.15, -0.1) is 0 Å². The van der Waals surface area contributed by atoms with Crippen molar-refractivity contribution in [1.29, 1.82) is 0 Å². The zero-order valence-electron chi connectivity index (χ0n) is 11.0. The molecule has 1 aromatic rings. The number of halogens is 1. The molecule has 0 heterocycles. The predicted octanol–water partition coefficient (Wildman–Crippen LogP) is 2.38. The third kappa shape index (κ3) is 4.11. The van der Waals surface area contributed by atoms with Gasteiger partial charge >= 0.3 is 0 Å². The Morgan fingerprint density at radius 2 is 2.22 bits per heavy atom. The molecule has 18 heavy (non-hydrogen) atoms. The molecule has 0 aliphatic heterocycles. The lowest BCUT2D eigenvalue weighted by atomic mass is 10.1. The first-order chi connectivity index (χ1) is 8.58. The lowest BCUT2D eigenvalue weighted by Crippen LogP contribution is -2.40. The van der Waals surface area contributed by atoms with Gasteiger partial charge in [0.25, 0.3) is 5.91 Å². The number of carbonyl (C=O) groups is 1. The summed E-state index contributed by atoms with van der Waals surface area (Å²) in [6.45, 7) is 4.16. The smallest absolute Gasteiger partial charge is 0.251 e. The van der Waals surface area contributed by atoms with E-state index in [0.29, 0.717) is 17.7 Å². The Balaban J connectivity index is 2.65. The molecule has 0 saturated heterocycles. The van der Waals surface area contributed by atoms with Crippen LogP contribution in [-0.2, 0) is 0 Å². The largest absolute Gasteiger partial charge is 0.348 e. The normalized spacial score (nSPS) is 12.2. The van der Waals surface area contributed by atoms with Crippen LogP contribution in [-0.4, -0.2) is 18.5 Å². The molecule has 0 aromatic heterocycles. The Morgan fingerprint density at radius 3 is 2.78 bits per heavy atom. The van der Waals surface area contributed by atoms with Crippen LogP contribution in [0.15, 0.2) is 18.2 Å². The Labute approximate surface area is 108 Å². The minimum atomic E-state index is -0.298. The molecule has 0 spiro atoms. The van der Waals surface area contributed by atoms with Crippen LogP contribution in [0.4, 0.5) is 4.39 Å². The summed E-state index contributed by atoms with van der Waals surface area (Å²) >= 11 is 0. The van der Waals surface area contributed by atoms with Gasteiger partial charge in [-0.2, -0.15) is 0 Å². The van der Waals surface area contributed by atoms with Crippen molar-refractivity contribution in [1.82, 2.24) is 5.32 Å². The summed E-state index contributed by atoms with van der Waals surface area (Å²) in [7, 11) is 0. The summed E-state index contributed by atoms with van der Waals surface area (Å²) in [6, 6.07) is 4.35. The number of hydrogen-bond acceptors (Lipinski definition) is 2. The summed E-state index contributed by atoms with van der Waals surface area (Å²) in [5.74, 6) is -0.488. The Hall–Kier alpha value is -1.42. The molecular formula is C14H21FN2O.